The van der Waals surface area contributed by atoms with Crippen LogP contribution in [-0.2, 0) is 4.79 Å². The molecule has 5 heteroatoms. The third-order valence-corrected chi connectivity index (χ3v) is 2.26. The van der Waals surface area contributed by atoms with Crippen molar-refractivity contribution in [2.45, 2.75) is 12.8 Å². The van der Waals surface area contributed by atoms with Gasteiger partial charge >= 0.3 is 6.03 Å². The fourth-order valence-electron chi connectivity index (χ4n) is 1.39. The van der Waals surface area contributed by atoms with E-state index in [-0.39, 0.29) is 18.5 Å². The standard InChI is InChI=1S/C9H17N3O2/c1-11(2)9(14)10-7-8(13)12-5-3-4-6-12/h3-7H2,1-2H3,(H,10,14). The molecule has 0 atom stereocenters. The van der Waals surface area contributed by atoms with Crippen molar-refractivity contribution in [3.05, 3.63) is 0 Å². The molecule has 0 aromatic rings. The van der Waals surface area contributed by atoms with Crippen molar-refractivity contribution in [1.82, 2.24) is 15.1 Å². The van der Waals surface area contributed by atoms with Gasteiger partial charge in [-0.05, 0) is 12.8 Å². The van der Waals surface area contributed by atoms with Gasteiger partial charge in [0.15, 0.2) is 0 Å². The fourth-order valence-corrected chi connectivity index (χ4v) is 1.39. The van der Waals surface area contributed by atoms with Crippen molar-refractivity contribution >= 4 is 11.9 Å². The van der Waals surface area contributed by atoms with Crippen LogP contribution >= 0.6 is 0 Å². The molecule has 3 amide bonds. The van der Waals surface area contributed by atoms with Gasteiger partial charge in [-0.3, -0.25) is 4.79 Å². The highest BCUT2D eigenvalue weighted by molar-refractivity contribution is 5.83. The number of nitrogens with one attached hydrogen (secondary N) is 1. The Labute approximate surface area is 84.0 Å². The predicted octanol–water partition coefficient (Wildman–Crippen LogP) is -0.120. The third-order valence-electron chi connectivity index (χ3n) is 2.26. The number of amides is 3. The van der Waals surface area contributed by atoms with E-state index in [0.717, 1.165) is 25.9 Å². The molecule has 5 nitrogen and oxygen atoms in total. The van der Waals surface area contributed by atoms with Crippen LogP contribution in [0.25, 0.3) is 0 Å². The van der Waals surface area contributed by atoms with Gasteiger partial charge in [0.25, 0.3) is 0 Å². The van der Waals surface area contributed by atoms with Gasteiger partial charge in [0, 0.05) is 27.2 Å². The first-order chi connectivity index (χ1) is 6.61. The average Bonchev–Trinajstić information content (AvgIpc) is 2.66. The largest absolute Gasteiger partial charge is 0.341 e. The van der Waals surface area contributed by atoms with Gasteiger partial charge in [-0.25, -0.2) is 4.79 Å². The van der Waals surface area contributed by atoms with Crippen molar-refractivity contribution in [3.63, 3.8) is 0 Å². The van der Waals surface area contributed by atoms with Crippen molar-refractivity contribution in [2.24, 2.45) is 0 Å². The lowest BCUT2D eigenvalue weighted by Crippen LogP contribution is -2.42. The molecule has 1 fully saturated rings. The molecule has 1 heterocycles. The van der Waals surface area contributed by atoms with Gasteiger partial charge in [-0.1, -0.05) is 0 Å². The second-order valence-corrected chi connectivity index (χ2v) is 3.64. The van der Waals surface area contributed by atoms with Crippen LogP contribution in [0.5, 0.6) is 0 Å². The lowest BCUT2D eigenvalue weighted by molar-refractivity contribution is -0.129. The maximum absolute atomic E-state index is 11.5. The first kappa shape index (κ1) is 10.8. The molecule has 1 saturated heterocycles. The average molecular weight is 199 g/mol. The lowest BCUT2D eigenvalue weighted by Gasteiger charge is -2.17. The molecule has 1 N–H and O–H groups in total. The summed E-state index contributed by atoms with van der Waals surface area (Å²) in [5.41, 5.74) is 0. The topological polar surface area (TPSA) is 52.7 Å². The Balaban J connectivity index is 2.23. The minimum absolute atomic E-state index is 0.0118. The highest BCUT2D eigenvalue weighted by Crippen LogP contribution is 2.06. The Morgan fingerprint density at radius 2 is 1.86 bits per heavy atom. The number of rotatable bonds is 2. The molecule has 14 heavy (non-hydrogen) atoms. The molecule has 1 rings (SSSR count). The first-order valence-electron chi connectivity index (χ1n) is 4.84. The van der Waals surface area contributed by atoms with E-state index in [4.69, 9.17) is 0 Å². The van der Waals surface area contributed by atoms with Crippen LogP contribution in [0.2, 0.25) is 0 Å². The molecule has 80 valence electrons. The van der Waals surface area contributed by atoms with E-state index in [9.17, 15) is 9.59 Å². The summed E-state index contributed by atoms with van der Waals surface area (Å²) >= 11 is 0. The van der Waals surface area contributed by atoms with Crippen LogP contribution in [0, 0.1) is 0 Å². The molecule has 0 saturated carbocycles. The molecule has 0 aromatic heterocycles. The van der Waals surface area contributed by atoms with Crippen molar-refractivity contribution < 1.29 is 9.59 Å². The monoisotopic (exact) mass is 199 g/mol. The van der Waals surface area contributed by atoms with Gasteiger partial charge in [0.2, 0.25) is 5.91 Å². The lowest BCUT2D eigenvalue weighted by atomic mass is 10.4. The van der Waals surface area contributed by atoms with Crippen LogP contribution in [0.3, 0.4) is 0 Å². The van der Waals surface area contributed by atoms with Crippen LogP contribution in [0.15, 0.2) is 0 Å². The molecule has 0 radical (unpaired) electrons. The minimum atomic E-state index is -0.224. The van der Waals surface area contributed by atoms with E-state index in [0.29, 0.717) is 0 Å². The summed E-state index contributed by atoms with van der Waals surface area (Å²) in [7, 11) is 3.30. The maximum atomic E-state index is 11.5. The van der Waals surface area contributed by atoms with E-state index in [1.54, 1.807) is 19.0 Å². The van der Waals surface area contributed by atoms with Gasteiger partial charge in [0.1, 0.15) is 0 Å². The Morgan fingerprint density at radius 3 is 2.36 bits per heavy atom. The minimum Gasteiger partial charge on any atom is -0.341 e. The van der Waals surface area contributed by atoms with E-state index in [1.165, 1.54) is 4.90 Å². The molecule has 0 bridgehead atoms. The Hall–Kier alpha value is -1.26. The zero-order chi connectivity index (χ0) is 10.6. The second-order valence-electron chi connectivity index (χ2n) is 3.64. The number of carbonyl (C=O) groups excluding carboxylic acids is 2. The molecule has 0 aliphatic carbocycles. The summed E-state index contributed by atoms with van der Waals surface area (Å²) in [6, 6.07) is -0.224. The smallest absolute Gasteiger partial charge is 0.317 e. The Bertz CT molecular complexity index is 222. The van der Waals surface area contributed by atoms with Crippen molar-refractivity contribution in [3.8, 4) is 0 Å². The van der Waals surface area contributed by atoms with Crippen LogP contribution < -0.4 is 5.32 Å². The summed E-state index contributed by atoms with van der Waals surface area (Å²) in [5, 5.41) is 2.55. The molecular weight excluding hydrogens is 182 g/mol. The summed E-state index contributed by atoms with van der Waals surface area (Å²) in [6.07, 6.45) is 2.15. The Kier molecular flexibility index (Phi) is 3.73. The van der Waals surface area contributed by atoms with E-state index in [2.05, 4.69) is 5.32 Å². The fraction of sp³-hybridized carbons (Fsp3) is 0.778. The predicted molar refractivity (Wildman–Crippen MR) is 52.9 cm³/mol. The maximum Gasteiger partial charge on any atom is 0.317 e. The molecule has 0 aromatic carbocycles. The van der Waals surface area contributed by atoms with Crippen LogP contribution in [0.4, 0.5) is 4.79 Å². The van der Waals surface area contributed by atoms with Crippen molar-refractivity contribution in [2.75, 3.05) is 33.7 Å². The SMILES string of the molecule is CN(C)C(=O)NCC(=O)N1CCCC1. The number of likely N-dealkylation sites (tertiary alicyclic amines) is 1. The molecule has 0 unspecified atom stereocenters. The number of urea groups is 1. The second kappa shape index (κ2) is 4.83. The van der Waals surface area contributed by atoms with Crippen molar-refractivity contribution in [1.29, 1.82) is 0 Å². The zero-order valence-corrected chi connectivity index (χ0v) is 8.75. The van der Waals surface area contributed by atoms with Gasteiger partial charge < -0.3 is 15.1 Å². The highest BCUT2D eigenvalue weighted by atomic mass is 16.2. The number of hydrogen-bond acceptors (Lipinski definition) is 2. The quantitative estimate of drug-likeness (QED) is 0.674. The first-order valence-corrected chi connectivity index (χ1v) is 4.84. The van der Waals surface area contributed by atoms with Crippen LogP contribution in [0.1, 0.15) is 12.8 Å². The van der Waals surface area contributed by atoms with E-state index in [1.807, 2.05) is 0 Å². The van der Waals surface area contributed by atoms with Gasteiger partial charge in [-0.2, -0.15) is 0 Å². The summed E-state index contributed by atoms with van der Waals surface area (Å²) in [5.74, 6) is 0.0118. The summed E-state index contributed by atoms with van der Waals surface area (Å²) < 4.78 is 0. The third kappa shape index (κ3) is 2.90. The molecule has 1 aliphatic rings. The molecule has 1 aliphatic heterocycles. The summed E-state index contributed by atoms with van der Waals surface area (Å²) in [4.78, 5) is 25.8. The molecular formula is C9H17N3O2. The van der Waals surface area contributed by atoms with Gasteiger partial charge in [0.05, 0.1) is 6.54 Å². The Morgan fingerprint density at radius 1 is 1.29 bits per heavy atom. The zero-order valence-electron chi connectivity index (χ0n) is 8.75. The number of carbonyl (C=O) groups is 2. The van der Waals surface area contributed by atoms with E-state index < -0.39 is 0 Å². The number of hydrogen-bond donors (Lipinski definition) is 1. The highest BCUT2D eigenvalue weighted by Gasteiger charge is 2.18. The van der Waals surface area contributed by atoms with Gasteiger partial charge in [-0.15, -0.1) is 0 Å². The molecule has 0 spiro atoms. The number of nitrogens with zero attached hydrogens (tertiary/aromatic N) is 2. The normalized spacial score (nSPS) is 15.4. The summed E-state index contributed by atoms with van der Waals surface area (Å²) in [6.45, 7) is 1.77. The van der Waals surface area contributed by atoms with E-state index >= 15 is 0 Å². The van der Waals surface area contributed by atoms with Crippen LogP contribution in [-0.4, -0.2) is 55.5 Å².